The molecule has 116 valence electrons. The second-order valence-electron chi connectivity index (χ2n) is 5.91. The molecule has 3 N–H and O–H groups in total. The molecule has 0 radical (unpaired) electrons. The lowest BCUT2D eigenvalue weighted by Crippen LogP contribution is -2.39. The van der Waals surface area contributed by atoms with Crippen LogP contribution in [0.3, 0.4) is 0 Å². The van der Waals surface area contributed by atoms with Crippen molar-refractivity contribution in [1.82, 2.24) is 0 Å². The summed E-state index contributed by atoms with van der Waals surface area (Å²) in [6, 6.07) is 6.10. The molecule has 0 saturated heterocycles. The van der Waals surface area contributed by atoms with Gasteiger partial charge in [-0.25, -0.2) is 0 Å². The van der Waals surface area contributed by atoms with E-state index in [0.717, 1.165) is 31.2 Å². The molecule has 1 saturated carbocycles. The zero-order valence-electron chi connectivity index (χ0n) is 12.6. The van der Waals surface area contributed by atoms with Crippen LogP contribution in [0.1, 0.15) is 44.6 Å². The minimum atomic E-state index is -0.644. The SMILES string of the molecule is CCC1CCCCC1OC(=O)[C@@H](N)Cc1ccc(O)cc1. The van der Waals surface area contributed by atoms with Crippen molar-refractivity contribution >= 4 is 5.97 Å². The molecular weight excluding hydrogens is 266 g/mol. The summed E-state index contributed by atoms with van der Waals surface area (Å²) in [6.45, 7) is 2.15. The summed E-state index contributed by atoms with van der Waals surface area (Å²) < 4.78 is 5.64. The highest BCUT2D eigenvalue weighted by Gasteiger charge is 2.28. The topological polar surface area (TPSA) is 72.5 Å². The Balaban J connectivity index is 1.88. The lowest BCUT2D eigenvalue weighted by molar-refractivity contribution is -0.155. The molecule has 4 heteroatoms. The first-order chi connectivity index (χ1) is 10.1. The van der Waals surface area contributed by atoms with Crippen molar-refractivity contribution in [2.75, 3.05) is 0 Å². The van der Waals surface area contributed by atoms with E-state index in [4.69, 9.17) is 10.5 Å². The Morgan fingerprint density at radius 1 is 1.33 bits per heavy atom. The highest BCUT2D eigenvalue weighted by Crippen LogP contribution is 2.29. The van der Waals surface area contributed by atoms with Crippen LogP contribution in [0.2, 0.25) is 0 Å². The predicted molar refractivity (Wildman–Crippen MR) is 81.9 cm³/mol. The summed E-state index contributed by atoms with van der Waals surface area (Å²) >= 11 is 0. The van der Waals surface area contributed by atoms with Crippen LogP contribution in [0.25, 0.3) is 0 Å². The van der Waals surface area contributed by atoms with Crippen molar-refractivity contribution in [3.05, 3.63) is 29.8 Å². The van der Waals surface area contributed by atoms with Crippen molar-refractivity contribution in [2.24, 2.45) is 11.7 Å². The van der Waals surface area contributed by atoms with E-state index >= 15 is 0 Å². The van der Waals surface area contributed by atoms with Crippen LogP contribution in [-0.4, -0.2) is 23.2 Å². The maximum absolute atomic E-state index is 12.1. The molecular formula is C17H25NO3. The fourth-order valence-electron chi connectivity index (χ4n) is 3.00. The Hall–Kier alpha value is -1.55. The minimum absolute atomic E-state index is 0.0297. The molecule has 0 amide bonds. The monoisotopic (exact) mass is 291 g/mol. The predicted octanol–water partition coefficient (Wildman–Crippen LogP) is 2.77. The number of nitrogens with two attached hydrogens (primary N) is 1. The molecule has 3 atom stereocenters. The number of phenols is 1. The molecule has 1 aliphatic rings. The van der Waals surface area contributed by atoms with Crippen molar-refractivity contribution in [3.8, 4) is 5.75 Å². The number of esters is 1. The Bertz CT molecular complexity index is 458. The first kappa shape index (κ1) is 15.8. The molecule has 2 unspecified atom stereocenters. The summed E-state index contributed by atoms with van der Waals surface area (Å²) in [5.74, 6) is 0.375. The number of ether oxygens (including phenoxy) is 1. The smallest absolute Gasteiger partial charge is 0.323 e. The van der Waals surface area contributed by atoms with E-state index in [9.17, 15) is 9.90 Å². The molecule has 0 bridgehead atoms. The Morgan fingerprint density at radius 3 is 2.67 bits per heavy atom. The van der Waals surface area contributed by atoms with Gasteiger partial charge in [-0.1, -0.05) is 25.5 Å². The molecule has 1 aromatic carbocycles. The van der Waals surface area contributed by atoms with Gasteiger partial charge in [0.15, 0.2) is 0 Å². The molecule has 0 aromatic heterocycles. The van der Waals surface area contributed by atoms with Crippen LogP contribution in [0.15, 0.2) is 24.3 Å². The molecule has 2 rings (SSSR count). The zero-order valence-corrected chi connectivity index (χ0v) is 12.6. The fourth-order valence-corrected chi connectivity index (χ4v) is 3.00. The third kappa shape index (κ3) is 4.46. The lowest BCUT2D eigenvalue weighted by Gasteiger charge is -2.31. The standard InChI is InChI=1S/C17H25NO3/c1-2-13-5-3-4-6-16(13)21-17(20)15(18)11-12-7-9-14(19)10-8-12/h7-10,13,15-16,19H,2-6,11,18H2,1H3/t13?,15-,16?/m0/s1. The number of carbonyl (C=O) groups is 1. The molecule has 1 aliphatic carbocycles. The van der Waals surface area contributed by atoms with Gasteiger partial charge in [0.1, 0.15) is 17.9 Å². The van der Waals surface area contributed by atoms with E-state index in [1.165, 1.54) is 6.42 Å². The van der Waals surface area contributed by atoms with Crippen molar-refractivity contribution in [1.29, 1.82) is 0 Å². The van der Waals surface area contributed by atoms with E-state index in [2.05, 4.69) is 6.92 Å². The van der Waals surface area contributed by atoms with Crippen molar-refractivity contribution < 1.29 is 14.6 Å². The van der Waals surface area contributed by atoms with Crippen LogP contribution in [-0.2, 0) is 16.0 Å². The van der Waals surface area contributed by atoms with Crippen LogP contribution in [0.5, 0.6) is 5.75 Å². The first-order valence-corrected chi connectivity index (χ1v) is 7.84. The third-order valence-electron chi connectivity index (χ3n) is 4.33. The maximum atomic E-state index is 12.1. The van der Waals surface area contributed by atoms with Crippen LogP contribution in [0.4, 0.5) is 0 Å². The lowest BCUT2D eigenvalue weighted by atomic mass is 9.85. The summed E-state index contributed by atoms with van der Waals surface area (Å²) in [6.07, 6.45) is 5.96. The quantitative estimate of drug-likeness (QED) is 0.818. The van der Waals surface area contributed by atoms with Gasteiger partial charge in [-0.2, -0.15) is 0 Å². The molecule has 0 spiro atoms. The number of aromatic hydroxyl groups is 1. The van der Waals surface area contributed by atoms with E-state index < -0.39 is 6.04 Å². The molecule has 0 aliphatic heterocycles. The normalized spacial score (nSPS) is 23.5. The average Bonchev–Trinajstić information content (AvgIpc) is 2.50. The van der Waals surface area contributed by atoms with Crippen molar-refractivity contribution in [2.45, 2.75) is 57.6 Å². The van der Waals surface area contributed by atoms with Gasteiger partial charge in [-0.15, -0.1) is 0 Å². The minimum Gasteiger partial charge on any atom is -0.508 e. The van der Waals surface area contributed by atoms with E-state index in [1.807, 2.05) is 0 Å². The van der Waals surface area contributed by atoms with Gasteiger partial charge in [-0.3, -0.25) is 4.79 Å². The molecule has 1 aromatic rings. The van der Waals surface area contributed by atoms with E-state index in [-0.39, 0.29) is 17.8 Å². The number of phenolic OH excluding ortho intramolecular Hbond substituents is 1. The van der Waals surface area contributed by atoms with Crippen molar-refractivity contribution in [3.63, 3.8) is 0 Å². The fraction of sp³-hybridized carbons (Fsp3) is 0.588. The van der Waals surface area contributed by atoms with Crippen LogP contribution < -0.4 is 5.73 Å². The second-order valence-corrected chi connectivity index (χ2v) is 5.91. The third-order valence-corrected chi connectivity index (χ3v) is 4.33. The molecule has 21 heavy (non-hydrogen) atoms. The molecule has 4 nitrogen and oxygen atoms in total. The number of rotatable bonds is 5. The summed E-state index contributed by atoms with van der Waals surface area (Å²) in [5, 5.41) is 9.25. The average molecular weight is 291 g/mol. The Kier molecular flexibility index (Phi) is 5.62. The van der Waals surface area contributed by atoms with E-state index in [1.54, 1.807) is 24.3 Å². The zero-order chi connectivity index (χ0) is 15.2. The van der Waals surface area contributed by atoms with Gasteiger partial charge in [0, 0.05) is 0 Å². The van der Waals surface area contributed by atoms with Gasteiger partial charge in [0.05, 0.1) is 0 Å². The number of benzene rings is 1. The highest BCUT2D eigenvalue weighted by molar-refractivity contribution is 5.76. The van der Waals surface area contributed by atoms with Gasteiger partial charge in [-0.05, 0) is 55.7 Å². The van der Waals surface area contributed by atoms with Gasteiger partial charge < -0.3 is 15.6 Å². The number of carbonyl (C=O) groups excluding carboxylic acids is 1. The summed E-state index contributed by atoms with van der Waals surface area (Å²) in [4.78, 5) is 12.1. The molecule has 0 heterocycles. The largest absolute Gasteiger partial charge is 0.508 e. The Labute approximate surface area is 126 Å². The van der Waals surface area contributed by atoms with Crippen LogP contribution >= 0.6 is 0 Å². The second kappa shape index (κ2) is 7.46. The number of hydrogen-bond acceptors (Lipinski definition) is 4. The maximum Gasteiger partial charge on any atom is 0.323 e. The molecule has 1 fully saturated rings. The van der Waals surface area contributed by atoms with E-state index in [0.29, 0.717) is 12.3 Å². The van der Waals surface area contributed by atoms with Gasteiger partial charge in [0.25, 0.3) is 0 Å². The Morgan fingerprint density at radius 2 is 2.00 bits per heavy atom. The highest BCUT2D eigenvalue weighted by atomic mass is 16.5. The van der Waals surface area contributed by atoms with Gasteiger partial charge in [0.2, 0.25) is 0 Å². The summed E-state index contributed by atoms with van der Waals surface area (Å²) in [5.41, 5.74) is 6.88. The first-order valence-electron chi connectivity index (χ1n) is 7.84. The van der Waals surface area contributed by atoms with Gasteiger partial charge >= 0.3 is 5.97 Å². The van der Waals surface area contributed by atoms with Crippen LogP contribution in [0, 0.1) is 5.92 Å². The number of hydrogen-bond donors (Lipinski definition) is 2. The summed E-state index contributed by atoms with van der Waals surface area (Å²) in [7, 11) is 0.